The van der Waals surface area contributed by atoms with Crippen LogP contribution in [-0.4, -0.2) is 54.4 Å². The van der Waals surface area contributed by atoms with Crippen LogP contribution in [0.15, 0.2) is 0 Å². The summed E-state index contributed by atoms with van der Waals surface area (Å²) >= 11 is 0. The number of carboxylic acids is 1. The Morgan fingerprint density at radius 2 is 2.16 bits per heavy atom. The van der Waals surface area contributed by atoms with Crippen molar-refractivity contribution in [3.05, 3.63) is 0 Å². The Labute approximate surface area is 114 Å². The highest BCUT2D eigenvalue weighted by Gasteiger charge is 2.30. The highest BCUT2D eigenvalue weighted by atomic mass is 16.5. The zero-order valence-electron chi connectivity index (χ0n) is 11.9. The molecule has 0 saturated carbocycles. The van der Waals surface area contributed by atoms with Crippen molar-refractivity contribution in [2.45, 2.75) is 45.2 Å². The molecule has 0 aromatic carbocycles. The van der Waals surface area contributed by atoms with Crippen molar-refractivity contribution in [2.24, 2.45) is 5.92 Å². The summed E-state index contributed by atoms with van der Waals surface area (Å²) < 4.78 is 4.86. The molecule has 2 amide bonds. The van der Waals surface area contributed by atoms with Gasteiger partial charge in [0, 0.05) is 32.7 Å². The molecular formula is C13H24N2O4. The van der Waals surface area contributed by atoms with Crippen molar-refractivity contribution < 1.29 is 19.4 Å². The van der Waals surface area contributed by atoms with Crippen LogP contribution in [0.25, 0.3) is 0 Å². The number of amides is 2. The van der Waals surface area contributed by atoms with Crippen LogP contribution < -0.4 is 5.32 Å². The molecule has 0 aromatic rings. The average Bonchev–Trinajstić information content (AvgIpc) is 2.37. The third kappa shape index (κ3) is 4.38. The van der Waals surface area contributed by atoms with E-state index < -0.39 is 12.0 Å². The molecule has 1 saturated heterocycles. The van der Waals surface area contributed by atoms with Crippen LogP contribution in [0.1, 0.15) is 33.1 Å². The minimum Gasteiger partial charge on any atom is -0.480 e. The molecule has 0 aromatic heterocycles. The van der Waals surface area contributed by atoms with Gasteiger partial charge in [-0.15, -0.1) is 0 Å². The molecule has 3 unspecified atom stereocenters. The smallest absolute Gasteiger partial charge is 0.326 e. The molecule has 1 heterocycles. The lowest BCUT2D eigenvalue weighted by atomic mass is 9.92. The molecule has 1 fully saturated rings. The fourth-order valence-electron chi connectivity index (χ4n) is 2.35. The minimum absolute atomic E-state index is 0.144. The van der Waals surface area contributed by atoms with Crippen LogP contribution in [0.3, 0.4) is 0 Å². The summed E-state index contributed by atoms with van der Waals surface area (Å²) in [5, 5.41) is 11.7. The maximum atomic E-state index is 12.1. The number of carboxylic acid groups (broad SMARTS) is 1. The Morgan fingerprint density at radius 3 is 2.74 bits per heavy atom. The zero-order chi connectivity index (χ0) is 14.4. The van der Waals surface area contributed by atoms with E-state index >= 15 is 0 Å². The topological polar surface area (TPSA) is 78.9 Å². The molecule has 0 bridgehead atoms. The van der Waals surface area contributed by atoms with Crippen LogP contribution >= 0.6 is 0 Å². The van der Waals surface area contributed by atoms with Gasteiger partial charge in [0.25, 0.3) is 0 Å². The van der Waals surface area contributed by atoms with Gasteiger partial charge >= 0.3 is 12.0 Å². The normalized spacial score (nSPS) is 24.9. The standard InChI is InChI=1S/C13H24N2O4/c1-9-5-4-7-15(10(9)2)13(18)14-11(12(16)17)6-8-19-3/h9-11H,4-8H2,1-3H3,(H,14,18)(H,16,17). The quantitative estimate of drug-likeness (QED) is 0.791. The number of carbonyl (C=O) groups is 2. The number of rotatable bonds is 5. The van der Waals surface area contributed by atoms with Crippen LogP contribution in [0.2, 0.25) is 0 Å². The number of nitrogens with zero attached hydrogens (tertiary/aromatic N) is 1. The van der Waals surface area contributed by atoms with Crippen molar-refractivity contribution in [1.82, 2.24) is 10.2 Å². The molecular weight excluding hydrogens is 248 g/mol. The molecule has 1 rings (SSSR count). The van der Waals surface area contributed by atoms with Gasteiger partial charge in [-0.25, -0.2) is 9.59 Å². The summed E-state index contributed by atoms with van der Waals surface area (Å²) in [4.78, 5) is 25.0. The largest absolute Gasteiger partial charge is 0.480 e. The van der Waals surface area contributed by atoms with Gasteiger partial charge in [0.2, 0.25) is 0 Å². The number of nitrogens with one attached hydrogen (secondary N) is 1. The van der Waals surface area contributed by atoms with Gasteiger partial charge in [-0.1, -0.05) is 6.92 Å². The van der Waals surface area contributed by atoms with Gasteiger partial charge in [0.05, 0.1) is 0 Å². The van der Waals surface area contributed by atoms with Gasteiger partial charge < -0.3 is 20.1 Å². The summed E-state index contributed by atoms with van der Waals surface area (Å²) in [6.45, 7) is 5.12. The number of hydrogen-bond acceptors (Lipinski definition) is 3. The second-order valence-corrected chi connectivity index (χ2v) is 5.18. The summed E-state index contributed by atoms with van der Waals surface area (Å²) in [5.41, 5.74) is 0. The van der Waals surface area contributed by atoms with Gasteiger partial charge in [-0.2, -0.15) is 0 Å². The molecule has 0 spiro atoms. The van der Waals surface area contributed by atoms with Gasteiger partial charge in [-0.05, 0) is 25.7 Å². The van der Waals surface area contributed by atoms with Gasteiger partial charge in [-0.3, -0.25) is 0 Å². The molecule has 0 aliphatic carbocycles. The Kier molecular flexibility index (Phi) is 6.08. The summed E-state index contributed by atoms with van der Waals surface area (Å²) in [6.07, 6.45) is 2.35. The molecule has 1 aliphatic heterocycles. The van der Waals surface area contributed by atoms with Crippen molar-refractivity contribution >= 4 is 12.0 Å². The highest BCUT2D eigenvalue weighted by Crippen LogP contribution is 2.22. The zero-order valence-corrected chi connectivity index (χ0v) is 11.9. The van der Waals surface area contributed by atoms with E-state index in [1.165, 1.54) is 7.11 Å². The third-order valence-electron chi connectivity index (χ3n) is 3.84. The first kappa shape index (κ1) is 15.8. The monoisotopic (exact) mass is 272 g/mol. The number of aliphatic carboxylic acids is 1. The number of methoxy groups -OCH3 is 1. The molecule has 1 aliphatic rings. The van der Waals surface area contributed by atoms with Crippen molar-refractivity contribution in [3.8, 4) is 0 Å². The first-order chi connectivity index (χ1) is 8.97. The lowest BCUT2D eigenvalue weighted by molar-refractivity contribution is -0.139. The predicted octanol–water partition coefficient (Wildman–Crippen LogP) is 1.31. The van der Waals surface area contributed by atoms with E-state index in [0.717, 1.165) is 12.8 Å². The lowest BCUT2D eigenvalue weighted by Crippen LogP contribution is -2.54. The number of piperidine rings is 1. The molecule has 110 valence electrons. The van der Waals surface area contributed by atoms with E-state index in [2.05, 4.69) is 12.2 Å². The molecule has 0 radical (unpaired) electrons. The predicted molar refractivity (Wildman–Crippen MR) is 71.0 cm³/mol. The van der Waals surface area contributed by atoms with E-state index in [1.807, 2.05) is 6.92 Å². The number of carbonyl (C=O) groups excluding carboxylic acids is 1. The molecule has 19 heavy (non-hydrogen) atoms. The Hall–Kier alpha value is -1.30. The minimum atomic E-state index is -1.02. The SMILES string of the molecule is COCCC(NC(=O)N1CCCC(C)C1C)C(=O)O. The van der Waals surface area contributed by atoms with Crippen molar-refractivity contribution in [2.75, 3.05) is 20.3 Å². The second-order valence-electron chi connectivity index (χ2n) is 5.18. The maximum Gasteiger partial charge on any atom is 0.326 e. The Bertz CT molecular complexity index is 322. The van der Waals surface area contributed by atoms with Crippen molar-refractivity contribution in [1.29, 1.82) is 0 Å². The van der Waals surface area contributed by atoms with E-state index in [0.29, 0.717) is 19.1 Å². The summed E-state index contributed by atoms with van der Waals surface area (Å²) in [7, 11) is 1.51. The number of hydrogen-bond donors (Lipinski definition) is 2. The maximum absolute atomic E-state index is 12.1. The van der Waals surface area contributed by atoms with Crippen LogP contribution in [-0.2, 0) is 9.53 Å². The van der Waals surface area contributed by atoms with Crippen LogP contribution in [0, 0.1) is 5.92 Å². The van der Waals surface area contributed by atoms with E-state index in [4.69, 9.17) is 9.84 Å². The number of likely N-dealkylation sites (tertiary alicyclic amines) is 1. The fourth-order valence-corrected chi connectivity index (χ4v) is 2.35. The van der Waals surface area contributed by atoms with Crippen molar-refractivity contribution in [3.63, 3.8) is 0 Å². The van der Waals surface area contributed by atoms with Crippen LogP contribution in [0.5, 0.6) is 0 Å². The van der Waals surface area contributed by atoms with Gasteiger partial charge in [0.15, 0.2) is 0 Å². The molecule has 3 atom stereocenters. The van der Waals surface area contributed by atoms with E-state index in [1.54, 1.807) is 4.90 Å². The van der Waals surface area contributed by atoms with E-state index in [9.17, 15) is 9.59 Å². The summed E-state index contributed by atoms with van der Waals surface area (Å²) in [6, 6.07) is -1.04. The van der Waals surface area contributed by atoms with E-state index in [-0.39, 0.29) is 18.5 Å². The summed E-state index contributed by atoms with van der Waals surface area (Å²) in [5.74, 6) is -0.579. The Balaban J connectivity index is 2.58. The number of ether oxygens (including phenoxy) is 1. The van der Waals surface area contributed by atoms with Gasteiger partial charge in [0.1, 0.15) is 6.04 Å². The Morgan fingerprint density at radius 1 is 1.47 bits per heavy atom. The number of urea groups is 1. The average molecular weight is 272 g/mol. The first-order valence-electron chi connectivity index (χ1n) is 6.76. The molecule has 2 N–H and O–H groups in total. The van der Waals surface area contributed by atoms with Crippen LogP contribution in [0.4, 0.5) is 4.79 Å². The fraction of sp³-hybridized carbons (Fsp3) is 0.846. The first-order valence-corrected chi connectivity index (χ1v) is 6.76. The third-order valence-corrected chi connectivity index (χ3v) is 3.84. The second kappa shape index (κ2) is 7.33. The highest BCUT2D eigenvalue weighted by molar-refractivity contribution is 5.82. The molecule has 6 heteroatoms. The molecule has 6 nitrogen and oxygen atoms in total. The lowest BCUT2D eigenvalue weighted by Gasteiger charge is -2.38.